The zero-order chi connectivity index (χ0) is 19.2. The number of hydrogen-bond donors (Lipinski definition) is 1. The molecule has 138 valence electrons. The Labute approximate surface area is 155 Å². The second-order valence-electron chi connectivity index (χ2n) is 5.04. The monoisotopic (exact) mass is 359 g/mol. The van der Waals surface area contributed by atoms with Crippen LogP contribution in [0.2, 0.25) is 0 Å². The Bertz CT molecular complexity index is 665. The fraction of sp³-hybridized carbons (Fsp3) is 0.429. The molecule has 3 nitrogen and oxygen atoms in total. The molecule has 1 atom stereocenters. The van der Waals surface area contributed by atoms with E-state index < -0.39 is 0 Å². The van der Waals surface area contributed by atoms with E-state index in [9.17, 15) is 0 Å². The molecule has 0 fully saturated rings. The van der Waals surface area contributed by atoms with E-state index in [1.807, 2.05) is 33.9 Å². The Kier molecular flexibility index (Phi) is 12.6. The number of hydrogen-bond acceptors (Lipinski definition) is 2. The summed E-state index contributed by atoms with van der Waals surface area (Å²) in [5.74, 6) is 0. The van der Waals surface area contributed by atoms with Gasteiger partial charge in [-0.3, -0.25) is 0 Å². The van der Waals surface area contributed by atoms with Crippen LogP contribution in [-0.2, 0) is 0 Å². The summed E-state index contributed by atoms with van der Waals surface area (Å²) in [4.78, 5) is 12.0. The van der Waals surface area contributed by atoms with Crippen LogP contribution in [0.4, 0.5) is 0 Å². The van der Waals surface area contributed by atoms with Crippen LogP contribution < -0.4 is 0 Å². The molecule has 3 heterocycles. The van der Waals surface area contributed by atoms with Gasteiger partial charge in [-0.25, -0.2) is 9.97 Å². The molecule has 1 aliphatic heterocycles. The second-order valence-corrected chi connectivity index (χ2v) is 7.37. The molecular weight excluding hydrogens is 325 g/mol. The van der Waals surface area contributed by atoms with E-state index in [0.29, 0.717) is 0 Å². The summed E-state index contributed by atoms with van der Waals surface area (Å²) in [5.41, 5.74) is 3.36. The molecule has 0 aromatic carbocycles. The zero-order valence-corrected chi connectivity index (χ0v) is 17.7. The van der Waals surface area contributed by atoms with Crippen molar-refractivity contribution < 1.29 is 0 Å². The molecule has 25 heavy (non-hydrogen) atoms. The molecule has 0 aliphatic carbocycles. The number of H-pyrrole nitrogens is 1. The average Bonchev–Trinajstić information content (AvgIpc) is 3.07. The van der Waals surface area contributed by atoms with E-state index in [0.717, 1.165) is 11.3 Å². The fourth-order valence-corrected chi connectivity index (χ4v) is 4.30. The lowest BCUT2D eigenvalue weighted by Crippen LogP contribution is -1.98. The molecule has 1 unspecified atom stereocenters. The summed E-state index contributed by atoms with van der Waals surface area (Å²) < 4.78 is 0. The highest BCUT2D eigenvalue weighted by Gasteiger charge is 2.19. The number of nitrogens with one attached hydrogen (secondary N) is 1. The van der Waals surface area contributed by atoms with Crippen LogP contribution in [0.25, 0.3) is 16.3 Å². The van der Waals surface area contributed by atoms with Crippen molar-refractivity contribution in [3.8, 4) is 0 Å². The quantitative estimate of drug-likeness (QED) is 0.467. The lowest BCUT2D eigenvalue weighted by molar-refractivity contribution is 0.959. The first-order valence-electron chi connectivity index (χ1n) is 9.12. The third-order valence-corrected chi connectivity index (χ3v) is 5.73. The first-order chi connectivity index (χ1) is 12.2. The van der Waals surface area contributed by atoms with Gasteiger partial charge < -0.3 is 4.98 Å². The van der Waals surface area contributed by atoms with Crippen molar-refractivity contribution in [3.05, 3.63) is 55.2 Å². The number of aromatic nitrogens is 3. The summed E-state index contributed by atoms with van der Waals surface area (Å²) in [6, 6.07) is 0. The first-order valence-corrected chi connectivity index (χ1v) is 11.1. The van der Waals surface area contributed by atoms with Crippen molar-refractivity contribution in [1.29, 1.82) is 0 Å². The molecule has 1 N–H and O–H groups in total. The van der Waals surface area contributed by atoms with E-state index in [2.05, 4.69) is 47.8 Å². The van der Waals surface area contributed by atoms with Gasteiger partial charge in [-0.1, -0.05) is 67.0 Å². The van der Waals surface area contributed by atoms with Crippen LogP contribution in [0.3, 0.4) is 0 Å². The Balaban J connectivity index is 0.000000625. The van der Waals surface area contributed by atoms with Crippen molar-refractivity contribution in [1.82, 2.24) is 15.0 Å². The molecule has 4 heteroatoms. The molecule has 3 rings (SSSR count). The Morgan fingerprint density at radius 1 is 1.12 bits per heavy atom. The van der Waals surface area contributed by atoms with Gasteiger partial charge in [-0.15, -0.1) is 0 Å². The van der Waals surface area contributed by atoms with E-state index in [1.54, 1.807) is 18.5 Å². The zero-order valence-electron chi connectivity index (χ0n) is 16.8. The molecule has 0 amide bonds. The van der Waals surface area contributed by atoms with E-state index in [1.165, 1.54) is 35.3 Å². The minimum Gasteiger partial charge on any atom is -0.346 e. The molecule has 2 aromatic heterocycles. The predicted molar refractivity (Wildman–Crippen MR) is 117 cm³/mol. The SMILES string of the molecule is C=CC=C.CC.CC.Cc1c[nH]c2ncnc(C3=CCCCP3C)c12. The lowest BCUT2D eigenvalue weighted by atomic mass is 10.1. The van der Waals surface area contributed by atoms with E-state index >= 15 is 0 Å². The normalized spacial score (nSPS) is 15.3. The number of aromatic amines is 1. The summed E-state index contributed by atoms with van der Waals surface area (Å²) in [6.45, 7) is 19.2. The largest absolute Gasteiger partial charge is 0.346 e. The van der Waals surface area contributed by atoms with Gasteiger partial charge >= 0.3 is 0 Å². The smallest absolute Gasteiger partial charge is 0.141 e. The van der Waals surface area contributed by atoms with E-state index in [-0.39, 0.29) is 7.92 Å². The Hall–Kier alpha value is -1.73. The number of nitrogens with zero attached hydrogens (tertiary/aromatic N) is 2. The van der Waals surface area contributed by atoms with Gasteiger partial charge in [0.05, 0.1) is 5.69 Å². The highest BCUT2D eigenvalue weighted by Crippen LogP contribution is 2.51. The highest BCUT2D eigenvalue weighted by atomic mass is 31.1. The summed E-state index contributed by atoms with van der Waals surface area (Å²) >= 11 is 0. The minimum atomic E-state index is -0.0411. The Morgan fingerprint density at radius 3 is 2.32 bits per heavy atom. The molecule has 0 spiro atoms. The minimum absolute atomic E-state index is 0.0411. The summed E-state index contributed by atoms with van der Waals surface area (Å²) in [7, 11) is -0.0411. The van der Waals surface area contributed by atoms with Crippen molar-refractivity contribution in [2.45, 2.75) is 47.5 Å². The van der Waals surface area contributed by atoms with Gasteiger partial charge in [0.25, 0.3) is 0 Å². The van der Waals surface area contributed by atoms with Gasteiger partial charge in [-0.05, 0) is 43.5 Å². The first kappa shape index (κ1) is 23.3. The maximum absolute atomic E-state index is 4.53. The van der Waals surface area contributed by atoms with Crippen molar-refractivity contribution >= 4 is 24.3 Å². The molecule has 0 radical (unpaired) electrons. The molecule has 0 saturated carbocycles. The number of rotatable bonds is 2. The summed E-state index contributed by atoms with van der Waals surface area (Å²) in [6.07, 6.45) is 13.2. The van der Waals surface area contributed by atoms with Gasteiger partial charge in [0, 0.05) is 11.6 Å². The van der Waals surface area contributed by atoms with Crippen molar-refractivity contribution in [2.75, 3.05) is 12.8 Å². The summed E-state index contributed by atoms with van der Waals surface area (Å²) in [5, 5.41) is 2.66. The second kappa shape index (κ2) is 13.5. The highest BCUT2D eigenvalue weighted by molar-refractivity contribution is 7.67. The number of fused-ring (bicyclic) bond motifs is 1. The van der Waals surface area contributed by atoms with Gasteiger partial charge in [0.2, 0.25) is 0 Å². The third-order valence-electron chi connectivity index (χ3n) is 3.52. The van der Waals surface area contributed by atoms with Gasteiger partial charge in [0.15, 0.2) is 0 Å². The average molecular weight is 359 g/mol. The maximum atomic E-state index is 4.53. The molecular formula is C21H34N3P. The number of allylic oxidation sites excluding steroid dienone is 3. The van der Waals surface area contributed by atoms with Crippen molar-refractivity contribution in [2.24, 2.45) is 0 Å². The van der Waals surface area contributed by atoms with Crippen LogP contribution in [0.5, 0.6) is 0 Å². The standard InChI is InChI=1S/C13H16N3P.C4H6.2C2H6/c1-9-7-14-13-11(9)12(15-8-16-13)10-5-3-4-6-17(10)2;1-3-4-2;2*1-2/h5,7-8H,3-4,6H2,1-2H3,(H,14,15,16);3-4H,1-2H2;2*1-2H3. The van der Waals surface area contributed by atoms with E-state index in [4.69, 9.17) is 0 Å². The van der Waals surface area contributed by atoms with Crippen molar-refractivity contribution in [3.63, 3.8) is 0 Å². The molecule has 0 saturated heterocycles. The van der Waals surface area contributed by atoms with Crippen LogP contribution in [0.15, 0.2) is 43.9 Å². The van der Waals surface area contributed by atoms with Crippen LogP contribution in [-0.4, -0.2) is 27.8 Å². The predicted octanol–water partition coefficient (Wildman–Crippen LogP) is 6.92. The molecule has 1 aliphatic rings. The van der Waals surface area contributed by atoms with Crippen LogP contribution in [0.1, 0.15) is 51.8 Å². The Morgan fingerprint density at radius 2 is 1.76 bits per heavy atom. The molecule has 2 aromatic rings. The molecule has 0 bridgehead atoms. The van der Waals surface area contributed by atoms with Crippen LogP contribution >= 0.6 is 7.92 Å². The topological polar surface area (TPSA) is 41.6 Å². The van der Waals surface area contributed by atoms with Crippen LogP contribution in [0, 0.1) is 6.92 Å². The lowest BCUT2D eigenvalue weighted by Gasteiger charge is -2.21. The maximum Gasteiger partial charge on any atom is 0.141 e. The van der Waals surface area contributed by atoms with Gasteiger partial charge in [-0.2, -0.15) is 0 Å². The third kappa shape index (κ3) is 6.59. The number of aryl methyl sites for hydroxylation is 1. The fourth-order valence-electron chi connectivity index (χ4n) is 2.43. The van der Waals surface area contributed by atoms with Gasteiger partial charge in [0.1, 0.15) is 12.0 Å².